The highest BCUT2D eigenvalue weighted by Gasteiger charge is 2.49. The molecule has 3 aliphatic rings. The minimum atomic E-state index is -4.57. The van der Waals surface area contributed by atoms with Gasteiger partial charge in [0.05, 0.1) is 18.0 Å². The summed E-state index contributed by atoms with van der Waals surface area (Å²) in [6, 6.07) is 2.36. The largest absolute Gasteiger partial charge is 0.404 e. The van der Waals surface area contributed by atoms with Gasteiger partial charge in [-0.3, -0.25) is 14.4 Å². The first-order valence-corrected chi connectivity index (χ1v) is 14.7. The van der Waals surface area contributed by atoms with Crippen molar-refractivity contribution in [2.75, 3.05) is 5.32 Å². The van der Waals surface area contributed by atoms with Crippen molar-refractivity contribution in [1.82, 2.24) is 10.6 Å². The number of fused-ring (bicyclic) bond motifs is 1. The van der Waals surface area contributed by atoms with E-state index in [4.69, 9.17) is 11.5 Å². The molecule has 4 rings (SSSR count). The lowest BCUT2D eigenvalue weighted by Gasteiger charge is -2.27. The Kier molecular flexibility index (Phi) is 9.64. The van der Waals surface area contributed by atoms with Crippen molar-refractivity contribution in [2.45, 2.75) is 89.6 Å². The molecule has 0 heterocycles. The molecule has 8 N–H and O–H groups in total. The van der Waals surface area contributed by atoms with E-state index in [2.05, 4.69) is 20.9 Å². The molecule has 9 nitrogen and oxygen atoms in total. The van der Waals surface area contributed by atoms with Crippen LogP contribution in [0.25, 0.3) is 0 Å². The zero-order valence-corrected chi connectivity index (χ0v) is 24.3. The fourth-order valence-corrected chi connectivity index (χ4v) is 5.81. The molecule has 3 amide bonds. The number of amides is 3. The lowest BCUT2D eigenvalue weighted by Crippen LogP contribution is -2.80. The highest BCUT2D eigenvalue weighted by molar-refractivity contribution is 6.41. The van der Waals surface area contributed by atoms with Gasteiger partial charge in [-0.25, -0.2) is 4.99 Å². The molecule has 12 heteroatoms. The van der Waals surface area contributed by atoms with Gasteiger partial charge >= 0.3 is 12.1 Å². The number of alkyl halides is 3. The van der Waals surface area contributed by atoms with E-state index in [-0.39, 0.29) is 23.6 Å². The molecule has 2 saturated carbocycles. The minimum Gasteiger partial charge on any atom is -0.404 e. The van der Waals surface area contributed by atoms with Crippen molar-refractivity contribution in [3.8, 4) is 0 Å². The maximum Gasteiger partial charge on any atom is 0.393 e. The Morgan fingerprint density at radius 3 is 2.21 bits per heavy atom. The Bertz CT molecular complexity index is 1230. The van der Waals surface area contributed by atoms with Gasteiger partial charge in [-0.2, -0.15) is 13.2 Å². The van der Waals surface area contributed by atoms with Crippen LogP contribution < -0.4 is 32.4 Å². The van der Waals surface area contributed by atoms with Crippen molar-refractivity contribution < 1.29 is 32.5 Å². The van der Waals surface area contributed by atoms with E-state index in [1.807, 2.05) is 19.9 Å². The van der Waals surface area contributed by atoms with Crippen LogP contribution in [0, 0.1) is 23.7 Å². The molecule has 0 radical (unpaired) electrons. The van der Waals surface area contributed by atoms with Crippen LogP contribution in [-0.4, -0.2) is 47.7 Å². The third kappa shape index (κ3) is 7.70. The van der Waals surface area contributed by atoms with Crippen LogP contribution in [0.3, 0.4) is 0 Å². The first-order valence-electron chi connectivity index (χ1n) is 14.7. The lowest BCUT2D eigenvalue weighted by atomic mass is 9.88. The summed E-state index contributed by atoms with van der Waals surface area (Å²) in [6.45, 7) is 4.70. The van der Waals surface area contributed by atoms with E-state index in [9.17, 15) is 27.6 Å². The van der Waals surface area contributed by atoms with Gasteiger partial charge in [-0.15, -0.1) is 0 Å². The normalized spacial score (nSPS) is 21.3. The number of benzene rings is 1. The van der Waals surface area contributed by atoms with Crippen LogP contribution in [0.5, 0.6) is 0 Å². The van der Waals surface area contributed by atoms with Crippen molar-refractivity contribution in [1.29, 1.82) is 0 Å². The van der Waals surface area contributed by atoms with Gasteiger partial charge in [0.1, 0.15) is 12.1 Å². The summed E-state index contributed by atoms with van der Waals surface area (Å²) < 4.78 is 39.1. The molecular weight excluding hydrogens is 549 g/mol. The number of rotatable bonds is 12. The molecule has 0 saturated heterocycles. The Morgan fingerprint density at radius 1 is 1.02 bits per heavy atom. The number of anilines is 1. The maximum absolute atomic E-state index is 13.7. The summed E-state index contributed by atoms with van der Waals surface area (Å²) in [4.78, 5) is 42.5. The molecule has 0 aliphatic heterocycles. The van der Waals surface area contributed by atoms with E-state index >= 15 is 0 Å². The molecule has 0 unspecified atom stereocenters. The van der Waals surface area contributed by atoms with E-state index < -0.39 is 42.0 Å². The SMILES string of the molecule is CC(C)[NH+]=C(/C=C\N)C(=O)N[C@H](C(=O)Nc1ccc2c(c1)CC[C@H]2NC(=O)[C@H](N)[C@H](C)C(F)(F)F)C(C1CC1)C1CC1. The Labute approximate surface area is 244 Å². The number of hydrogen-bond donors (Lipinski definition) is 6. The molecule has 42 heavy (non-hydrogen) atoms. The minimum absolute atomic E-state index is 0.0133. The second kappa shape index (κ2) is 12.8. The molecule has 4 atom stereocenters. The molecule has 0 bridgehead atoms. The fourth-order valence-electron chi connectivity index (χ4n) is 5.81. The zero-order valence-electron chi connectivity index (χ0n) is 24.3. The first kappa shape index (κ1) is 31.5. The number of nitrogens with one attached hydrogen (secondary N) is 4. The number of carbonyl (C=O) groups excluding carboxylic acids is 3. The maximum atomic E-state index is 13.7. The van der Waals surface area contributed by atoms with Crippen LogP contribution in [0.4, 0.5) is 18.9 Å². The summed E-state index contributed by atoms with van der Waals surface area (Å²) >= 11 is 0. The number of halogens is 3. The summed E-state index contributed by atoms with van der Waals surface area (Å²) in [6.07, 6.45) is 3.39. The summed E-state index contributed by atoms with van der Waals surface area (Å²) in [5.74, 6) is -2.72. The molecule has 0 spiro atoms. The second-order valence-electron chi connectivity index (χ2n) is 12.1. The average molecular weight is 592 g/mol. The van der Waals surface area contributed by atoms with Crippen LogP contribution >= 0.6 is 0 Å². The monoisotopic (exact) mass is 591 g/mol. The number of carbonyl (C=O) groups is 3. The summed E-state index contributed by atoms with van der Waals surface area (Å²) in [7, 11) is 0. The smallest absolute Gasteiger partial charge is 0.393 e. The predicted octanol–water partition coefficient (Wildman–Crippen LogP) is 1.58. The highest BCUT2D eigenvalue weighted by Crippen LogP contribution is 2.51. The highest BCUT2D eigenvalue weighted by atomic mass is 19.4. The second-order valence-corrected chi connectivity index (χ2v) is 12.1. The van der Waals surface area contributed by atoms with Gasteiger partial charge in [-0.05, 0) is 93.4 Å². The molecule has 1 aromatic carbocycles. The van der Waals surface area contributed by atoms with Crippen molar-refractivity contribution in [3.05, 3.63) is 41.6 Å². The van der Waals surface area contributed by atoms with Gasteiger partial charge in [0.25, 0.3) is 5.71 Å². The number of hydrogen-bond acceptors (Lipinski definition) is 5. The Morgan fingerprint density at radius 2 is 1.67 bits per heavy atom. The van der Waals surface area contributed by atoms with Gasteiger partial charge in [0.15, 0.2) is 0 Å². The molecular formula is C30H42F3N6O3+. The molecule has 0 aromatic heterocycles. The van der Waals surface area contributed by atoms with Crippen LogP contribution in [0.2, 0.25) is 0 Å². The summed E-state index contributed by atoms with van der Waals surface area (Å²) in [5.41, 5.74) is 13.6. The topological polar surface area (TPSA) is 153 Å². The van der Waals surface area contributed by atoms with Crippen molar-refractivity contribution in [2.24, 2.45) is 35.1 Å². The molecule has 2 fully saturated rings. The molecule has 230 valence electrons. The van der Waals surface area contributed by atoms with E-state index in [0.29, 0.717) is 30.4 Å². The van der Waals surface area contributed by atoms with Gasteiger partial charge in [0, 0.05) is 18.0 Å². The van der Waals surface area contributed by atoms with Crippen LogP contribution in [0.1, 0.15) is 70.0 Å². The Balaban J connectivity index is 1.48. The van der Waals surface area contributed by atoms with Crippen molar-refractivity contribution >= 4 is 29.1 Å². The van der Waals surface area contributed by atoms with Crippen LogP contribution in [0.15, 0.2) is 30.5 Å². The van der Waals surface area contributed by atoms with Gasteiger partial charge in [-0.1, -0.05) is 13.0 Å². The van der Waals surface area contributed by atoms with E-state index in [0.717, 1.165) is 43.7 Å². The Hall–Kier alpha value is -3.41. The van der Waals surface area contributed by atoms with Gasteiger partial charge < -0.3 is 27.4 Å². The average Bonchev–Trinajstić information content (AvgIpc) is 3.86. The summed E-state index contributed by atoms with van der Waals surface area (Å²) in [5, 5.41) is 8.62. The standard InChI is InChI=1S/C30H41F3N6O3/c1-15(2)36-23(12-13-34)27(40)39-26(24(17-4-5-17)18-6-7-18)29(42)37-20-9-10-21-19(14-20)8-11-22(21)38-28(41)25(35)16(3)30(31,32)33/h9-10,12-18,22,24-26H,4-8,11,34-35H2,1-3H3,(H,37,42)(H,38,41)(H,39,40)/p+1/b13-12-,36-23?/t16-,22+,25+,26-/m0/s1. The zero-order chi connectivity index (χ0) is 30.8. The van der Waals surface area contributed by atoms with E-state index in [1.54, 1.807) is 12.1 Å². The third-order valence-corrected chi connectivity index (χ3v) is 8.40. The number of aryl methyl sites for hydroxylation is 1. The van der Waals surface area contributed by atoms with E-state index in [1.165, 1.54) is 12.3 Å². The molecule has 1 aromatic rings. The number of nitrogens with two attached hydrogens (primary N) is 2. The predicted molar refractivity (Wildman–Crippen MR) is 153 cm³/mol. The lowest BCUT2D eigenvalue weighted by molar-refractivity contribution is -0.491. The first-order chi connectivity index (χ1) is 19.8. The quantitative estimate of drug-likeness (QED) is 0.204. The third-order valence-electron chi connectivity index (χ3n) is 8.40. The fraction of sp³-hybridized carbons (Fsp3) is 0.600. The molecule has 3 aliphatic carbocycles. The van der Waals surface area contributed by atoms with Crippen LogP contribution in [-0.2, 0) is 20.8 Å². The van der Waals surface area contributed by atoms with Crippen molar-refractivity contribution in [3.63, 3.8) is 0 Å². The van der Waals surface area contributed by atoms with Gasteiger partial charge in [0.2, 0.25) is 11.8 Å².